The third kappa shape index (κ3) is 2.02. The van der Waals surface area contributed by atoms with Gasteiger partial charge in [0.15, 0.2) is 0 Å². The maximum Gasteiger partial charge on any atom is 0.0351 e. The van der Waals surface area contributed by atoms with Crippen LogP contribution in [0.25, 0.3) is 0 Å². The predicted molar refractivity (Wildman–Crippen MR) is 86.0 cm³/mol. The second-order valence-corrected chi connectivity index (χ2v) is 6.80. The van der Waals surface area contributed by atoms with E-state index in [9.17, 15) is 0 Å². The minimum Gasteiger partial charge on any atom is -0.295 e. The number of nitrogens with zero attached hydrogens (tertiary/aromatic N) is 1. The molecule has 0 saturated carbocycles. The molecule has 0 N–H and O–H groups in total. The van der Waals surface area contributed by atoms with Crippen LogP contribution in [-0.4, -0.2) is 18.0 Å². The van der Waals surface area contributed by atoms with Crippen LogP contribution in [-0.2, 0) is 0 Å². The number of rotatable bonds is 1. The van der Waals surface area contributed by atoms with Gasteiger partial charge < -0.3 is 0 Å². The van der Waals surface area contributed by atoms with Crippen LogP contribution in [0.3, 0.4) is 0 Å². The van der Waals surface area contributed by atoms with E-state index >= 15 is 0 Å². The van der Waals surface area contributed by atoms with Gasteiger partial charge in [0, 0.05) is 23.0 Å². The second-order valence-electron chi connectivity index (χ2n) is 5.89. The average Bonchev–Trinajstić information content (AvgIpc) is 2.96. The summed E-state index contributed by atoms with van der Waals surface area (Å²) in [6.07, 6.45) is 2.66. The number of benzene rings is 2. The molecule has 1 saturated heterocycles. The smallest absolute Gasteiger partial charge is 0.0351 e. The molecule has 2 aromatic carbocycles. The van der Waals surface area contributed by atoms with Crippen LogP contribution in [0.5, 0.6) is 0 Å². The summed E-state index contributed by atoms with van der Waals surface area (Å²) < 4.78 is 1.16. The second kappa shape index (κ2) is 5.01. The van der Waals surface area contributed by atoms with Crippen LogP contribution in [0.4, 0.5) is 0 Å². The Morgan fingerprint density at radius 1 is 0.950 bits per heavy atom. The van der Waals surface area contributed by atoms with Crippen molar-refractivity contribution >= 4 is 15.9 Å². The lowest BCUT2D eigenvalue weighted by molar-refractivity contribution is 0.230. The Kier molecular flexibility index (Phi) is 3.16. The van der Waals surface area contributed by atoms with E-state index in [1.54, 1.807) is 5.56 Å². The lowest BCUT2D eigenvalue weighted by Crippen LogP contribution is -2.34. The molecular formula is C18H18BrN. The summed E-state index contributed by atoms with van der Waals surface area (Å²) >= 11 is 3.54. The highest BCUT2D eigenvalue weighted by Crippen LogP contribution is 2.44. The number of fused-ring (bicyclic) bond motifs is 3. The standard InChI is InChI=1S/C18H18BrN/c19-14-9-7-13(8-10-14)17-12-20-11-3-6-18(20)16-5-2-1-4-15(16)17/h1-2,4-5,7-10,17-18H,3,6,11-12H2/t17-,18+/m0/s1/i19+2. The topological polar surface area (TPSA) is 3.24 Å². The maximum atomic E-state index is 3.54. The molecule has 2 aliphatic heterocycles. The van der Waals surface area contributed by atoms with Crippen molar-refractivity contribution in [1.29, 1.82) is 0 Å². The monoisotopic (exact) mass is 330 g/mol. The molecule has 0 amide bonds. The van der Waals surface area contributed by atoms with Gasteiger partial charge in [-0.05, 0) is 48.2 Å². The molecule has 2 aromatic rings. The third-order valence-electron chi connectivity index (χ3n) is 4.78. The molecule has 0 spiro atoms. The van der Waals surface area contributed by atoms with E-state index in [0.29, 0.717) is 12.0 Å². The molecule has 2 atom stereocenters. The van der Waals surface area contributed by atoms with Crippen molar-refractivity contribution in [3.05, 3.63) is 69.7 Å². The minimum atomic E-state index is 0.522. The van der Waals surface area contributed by atoms with Gasteiger partial charge in [-0.25, -0.2) is 0 Å². The largest absolute Gasteiger partial charge is 0.295 e. The Balaban J connectivity index is 1.80. The highest BCUT2D eigenvalue weighted by molar-refractivity contribution is 9.10. The molecule has 0 radical (unpaired) electrons. The fourth-order valence-corrected chi connectivity index (χ4v) is 4.11. The zero-order chi connectivity index (χ0) is 13.5. The van der Waals surface area contributed by atoms with Gasteiger partial charge >= 0.3 is 0 Å². The number of hydrogen-bond acceptors (Lipinski definition) is 1. The molecule has 20 heavy (non-hydrogen) atoms. The first-order chi connectivity index (χ1) is 9.83. The maximum absolute atomic E-state index is 3.54. The number of halogens is 1. The summed E-state index contributed by atoms with van der Waals surface area (Å²) in [5, 5.41) is 0. The van der Waals surface area contributed by atoms with Gasteiger partial charge in [0.2, 0.25) is 0 Å². The van der Waals surface area contributed by atoms with Gasteiger partial charge in [-0.3, -0.25) is 4.90 Å². The van der Waals surface area contributed by atoms with Gasteiger partial charge in [0.05, 0.1) is 0 Å². The van der Waals surface area contributed by atoms with Gasteiger partial charge in [0.1, 0.15) is 0 Å². The summed E-state index contributed by atoms with van der Waals surface area (Å²) in [6, 6.07) is 18.6. The molecule has 1 fully saturated rings. The van der Waals surface area contributed by atoms with Crippen LogP contribution in [0, 0.1) is 0 Å². The Morgan fingerprint density at radius 3 is 2.50 bits per heavy atom. The van der Waals surface area contributed by atoms with Crippen LogP contribution < -0.4 is 0 Å². The van der Waals surface area contributed by atoms with E-state index < -0.39 is 0 Å². The Labute approximate surface area is 128 Å². The van der Waals surface area contributed by atoms with E-state index in [0.717, 1.165) is 4.47 Å². The Bertz CT molecular complexity index is 620. The first kappa shape index (κ1) is 12.6. The Morgan fingerprint density at radius 2 is 1.70 bits per heavy atom. The lowest BCUT2D eigenvalue weighted by atomic mass is 9.82. The third-order valence-corrected chi connectivity index (χ3v) is 5.31. The first-order valence-electron chi connectivity index (χ1n) is 7.41. The highest BCUT2D eigenvalue weighted by Gasteiger charge is 2.35. The van der Waals surface area contributed by atoms with E-state index in [1.165, 1.54) is 37.1 Å². The van der Waals surface area contributed by atoms with Crippen molar-refractivity contribution in [2.24, 2.45) is 0 Å². The van der Waals surface area contributed by atoms with Gasteiger partial charge in [-0.2, -0.15) is 0 Å². The molecule has 2 heterocycles. The molecule has 2 aliphatic rings. The van der Waals surface area contributed by atoms with Crippen LogP contribution in [0.2, 0.25) is 0 Å². The quantitative estimate of drug-likeness (QED) is 0.730. The van der Waals surface area contributed by atoms with Crippen molar-refractivity contribution in [2.75, 3.05) is 13.1 Å². The van der Waals surface area contributed by atoms with Crippen molar-refractivity contribution in [3.63, 3.8) is 0 Å². The van der Waals surface area contributed by atoms with Gasteiger partial charge in [-0.15, -0.1) is 0 Å². The highest BCUT2D eigenvalue weighted by atomic mass is 81.9. The predicted octanol–water partition coefficient (Wildman–Crippen LogP) is 4.73. The van der Waals surface area contributed by atoms with Crippen molar-refractivity contribution in [1.82, 2.24) is 4.90 Å². The average molecular weight is 330 g/mol. The van der Waals surface area contributed by atoms with Crippen LogP contribution in [0.1, 0.15) is 41.5 Å². The summed E-state index contributed by atoms with van der Waals surface area (Å²) in [5.74, 6) is 0.522. The lowest BCUT2D eigenvalue weighted by Gasteiger charge is -2.37. The molecular weight excluding hydrogens is 312 g/mol. The molecule has 0 bridgehead atoms. The first-order valence-corrected chi connectivity index (χ1v) is 8.20. The van der Waals surface area contributed by atoms with E-state index in [2.05, 4.69) is 69.4 Å². The van der Waals surface area contributed by atoms with Gasteiger partial charge in [-0.1, -0.05) is 52.3 Å². The molecule has 4 rings (SSSR count). The Hall–Kier alpha value is -1.12. The molecule has 102 valence electrons. The molecule has 1 nitrogen and oxygen atoms in total. The minimum absolute atomic E-state index is 0.522. The fraction of sp³-hybridized carbons (Fsp3) is 0.333. The van der Waals surface area contributed by atoms with Crippen molar-refractivity contribution in [3.8, 4) is 0 Å². The number of hydrogen-bond donors (Lipinski definition) is 0. The van der Waals surface area contributed by atoms with E-state index in [1.807, 2.05) is 0 Å². The van der Waals surface area contributed by atoms with Crippen molar-refractivity contribution < 1.29 is 0 Å². The summed E-state index contributed by atoms with van der Waals surface area (Å²) in [7, 11) is 0. The molecule has 2 heteroatoms. The summed E-state index contributed by atoms with van der Waals surface area (Å²) in [4.78, 5) is 2.68. The molecule has 0 unspecified atom stereocenters. The summed E-state index contributed by atoms with van der Waals surface area (Å²) in [6.45, 7) is 2.43. The fourth-order valence-electron chi connectivity index (χ4n) is 3.84. The van der Waals surface area contributed by atoms with E-state index in [-0.39, 0.29) is 0 Å². The normalized spacial score (nSPS) is 25.2. The van der Waals surface area contributed by atoms with Crippen LogP contribution >= 0.6 is 15.9 Å². The van der Waals surface area contributed by atoms with Gasteiger partial charge in [0.25, 0.3) is 0 Å². The summed E-state index contributed by atoms with van der Waals surface area (Å²) in [5.41, 5.74) is 4.54. The molecule has 0 aromatic heterocycles. The SMILES string of the molecule is [82Br]c1ccc([C@@H]2CN3CCC[C@@H]3c3ccccc32)cc1. The molecule has 0 aliphatic carbocycles. The zero-order valence-corrected chi connectivity index (χ0v) is 13.0. The van der Waals surface area contributed by atoms with Crippen LogP contribution in [0.15, 0.2) is 53.0 Å². The van der Waals surface area contributed by atoms with E-state index in [4.69, 9.17) is 0 Å². The zero-order valence-electron chi connectivity index (χ0n) is 11.4. The van der Waals surface area contributed by atoms with Crippen molar-refractivity contribution in [2.45, 2.75) is 24.8 Å².